The Balaban J connectivity index is 2.69. The summed E-state index contributed by atoms with van der Waals surface area (Å²) >= 11 is 0. The maximum absolute atomic E-state index is 11.4. The number of nitrogens with one attached hydrogen (secondary N) is 1. The van der Waals surface area contributed by atoms with Crippen molar-refractivity contribution in [3.8, 4) is 0 Å². The first-order valence-electron chi connectivity index (χ1n) is 5.05. The molecule has 0 bridgehead atoms. The predicted octanol–water partition coefficient (Wildman–Crippen LogP) is -0.119. The van der Waals surface area contributed by atoms with Gasteiger partial charge in [0.1, 0.15) is 5.75 Å². The van der Waals surface area contributed by atoms with Crippen LogP contribution < -0.4 is 5.32 Å². The van der Waals surface area contributed by atoms with E-state index >= 15 is 0 Å². The second-order valence-electron chi connectivity index (χ2n) is 3.78. The van der Waals surface area contributed by atoms with Gasteiger partial charge in [-0.25, -0.2) is 8.42 Å². The van der Waals surface area contributed by atoms with E-state index < -0.39 is 27.5 Å². The smallest absolute Gasteiger partial charge is 0.235 e. The Labute approximate surface area is 100 Å². The van der Waals surface area contributed by atoms with Crippen molar-refractivity contribution in [2.24, 2.45) is 0 Å². The molecule has 0 fully saturated rings. The summed E-state index contributed by atoms with van der Waals surface area (Å²) < 4.78 is 21.8. The average Bonchev–Trinajstić information content (AvgIpc) is 2.24. The van der Waals surface area contributed by atoms with E-state index in [1.165, 1.54) is 0 Å². The Hall–Kier alpha value is -1.40. The van der Waals surface area contributed by atoms with Crippen LogP contribution in [0.2, 0.25) is 0 Å². The second kappa shape index (κ2) is 5.79. The standard InChI is InChI=1S/C11H15NO4S/c1-17(15,16)8-11(14)12-10(7-13)9-5-3-2-4-6-9/h2-6,10,13H,7-8H2,1H3,(H,12,14)/t10-/m1/s1. The summed E-state index contributed by atoms with van der Waals surface area (Å²) in [6.07, 6.45) is 0.989. The van der Waals surface area contributed by atoms with Crippen molar-refractivity contribution in [3.63, 3.8) is 0 Å². The molecule has 2 N–H and O–H groups in total. The van der Waals surface area contributed by atoms with Crippen molar-refractivity contribution in [2.45, 2.75) is 6.04 Å². The number of carbonyl (C=O) groups is 1. The van der Waals surface area contributed by atoms with Gasteiger partial charge < -0.3 is 10.4 Å². The minimum atomic E-state index is -3.35. The van der Waals surface area contributed by atoms with Gasteiger partial charge in [0.15, 0.2) is 9.84 Å². The van der Waals surface area contributed by atoms with Crippen LogP contribution in [-0.4, -0.2) is 38.0 Å². The maximum Gasteiger partial charge on any atom is 0.235 e. The topological polar surface area (TPSA) is 83.5 Å². The Kier molecular flexibility index (Phi) is 4.65. The van der Waals surface area contributed by atoms with Gasteiger partial charge in [-0.1, -0.05) is 30.3 Å². The summed E-state index contributed by atoms with van der Waals surface area (Å²) in [4.78, 5) is 11.4. The largest absolute Gasteiger partial charge is 0.394 e. The Morgan fingerprint density at radius 1 is 1.35 bits per heavy atom. The van der Waals surface area contributed by atoms with Crippen LogP contribution in [0, 0.1) is 0 Å². The first kappa shape index (κ1) is 13.7. The van der Waals surface area contributed by atoms with E-state index in [4.69, 9.17) is 5.11 Å². The van der Waals surface area contributed by atoms with E-state index in [0.717, 1.165) is 11.8 Å². The van der Waals surface area contributed by atoms with Crippen molar-refractivity contribution < 1.29 is 18.3 Å². The van der Waals surface area contributed by atoms with Gasteiger partial charge in [0.2, 0.25) is 5.91 Å². The zero-order valence-electron chi connectivity index (χ0n) is 9.46. The van der Waals surface area contributed by atoms with Crippen molar-refractivity contribution in [2.75, 3.05) is 18.6 Å². The molecule has 0 aliphatic rings. The van der Waals surface area contributed by atoms with Crippen LogP contribution >= 0.6 is 0 Å². The third kappa shape index (κ3) is 4.97. The van der Waals surface area contributed by atoms with Crippen LogP contribution in [0.15, 0.2) is 30.3 Å². The predicted molar refractivity (Wildman–Crippen MR) is 64.1 cm³/mol. The van der Waals surface area contributed by atoms with E-state index in [2.05, 4.69) is 5.32 Å². The van der Waals surface area contributed by atoms with Crippen molar-refractivity contribution in [3.05, 3.63) is 35.9 Å². The van der Waals surface area contributed by atoms with Crippen molar-refractivity contribution in [1.82, 2.24) is 5.32 Å². The van der Waals surface area contributed by atoms with Gasteiger partial charge in [0, 0.05) is 6.26 Å². The van der Waals surface area contributed by atoms with Gasteiger partial charge in [-0.05, 0) is 5.56 Å². The summed E-state index contributed by atoms with van der Waals surface area (Å²) in [5.74, 6) is -1.19. The van der Waals surface area contributed by atoms with Crippen LogP contribution in [0.25, 0.3) is 0 Å². The van der Waals surface area contributed by atoms with Crippen LogP contribution in [0.1, 0.15) is 11.6 Å². The third-order valence-corrected chi connectivity index (χ3v) is 2.90. The molecule has 0 saturated carbocycles. The number of amides is 1. The molecule has 1 aromatic carbocycles. The summed E-state index contributed by atoms with van der Waals surface area (Å²) in [6, 6.07) is 8.30. The molecular formula is C11H15NO4S. The molecule has 1 atom stereocenters. The van der Waals surface area contributed by atoms with Gasteiger partial charge in [-0.3, -0.25) is 4.79 Å². The number of sulfone groups is 1. The number of benzene rings is 1. The lowest BCUT2D eigenvalue weighted by atomic mass is 10.1. The lowest BCUT2D eigenvalue weighted by Gasteiger charge is -2.16. The van der Waals surface area contributed by atoms with E-state index in [0.29, 0.717) is 0 Å². The molecule has 0 saturated heterocycles. The number of hydrogen-bond donors (Lipinski definition) is 2. The van der Waals surface area contributed by atoms with Crippen LogP contribution in [0.5, 0.6) is 0 Å². The first-order valence-corrected chi connectivity index (χ1v) is 7.11. The molecule has 94 valence electrons. The Morgan fingerprint density at radius 2 is 1.94 bits per heavy atom. The summed E-state index contributed by atoms with van der Waals surface area (Å²) in [5.41, 5.74) is 0.733. The molecule has 5 nitrogen and oxygen atoms in total. The molecule has 1 rings (SSSR count). The minimum absolute atomic E-state index is 0.278. The van der Waals surface area contributed by atoms with Crippen LogP contribution in [0.4, 0.5) is 0 Å². The molecule has 0 unspecified atom stereocenters. The number of hydrogen-bond acceptors (Lipinski definition) is 4. The van der Waals surface area contributed by atoms with E-state index in [9.17, 15) is 13.2 Å². The molecule has 0 spiro atoms. The van der Waals surface area contributed by atoms with Crippen LogP contribution in [-0.2, 0) is 14.6 Å². The first-order chi connectivity index (χ1) is 7.92. The molecule has 1 amide bonds. The van der Waals surface area contributed by atoms with Gasteiger partial charge in [-0.15, -0.1) is 0 Å². The molecule has 6 heteroatoms. The van der Waals surface area contributed by atoms with Crippen molar-refractivity contribution >= 4 is 15.7 Å². The normalized spacial score (nSPS) is 13.1. The highest BCUT2D eigenvalue weighted by Gasteiger charge is 2.16. The lowest BCUT2D eigenvalue weighted by molar-refractivity contribution is -0.119. The zero-order valence-corrected chi connectivity index (χ0v) is 10.3. The third-order valence-electron chi connectivity index (χ3n) is 2.11. The van der Waals surface area contributed by atoms with E-state index in [-0.39, 0.29) is 6.61 Å². The molecule has 0 aliphatic heterocycles. The van der Waals surface area contributed by atoms with Crippen LogP contribution in [0.3, 0.4) is 0 Å². The number of aliphatic hydroxyl groups excluding tert-OH is 1. The Morgan fingerprint density at radius 3 is 2.41 bits per heavy atom. The fourth-order valence-corrected chi connectivity index (χ4v) is 1.95. The second-order valence-corrected chi connectivity index (χ2v) is 5.92. The number of rotatable bonds is 5. The monoisotopic (exact) mass is 257 g/mol. The van der Waals surface area contributed by atoms with Gasteiger partial charge in [0.25, 0.3) is 0 Å². The zero-order chi connectivity index (χ0) is 12.9. The maximum atomic E-state index is 11.4. The SMILES string of the molecule is CS(=O)(=O)CC(=O)N[C@H](CO)c1ccccc1. The lowest BCUT2D eigenvalue weighted by Crippen LogP contribution is -2.34. The van der Waals surface area contributed by atoms with Gasteiger partial charge >= 0.3 is 0 Å². The van der Waals surface area contributed by atoms with Gasteiger partial charge in [-0.2, -0.15) is 0 Å². The molecule has 0 aliphatic carbocycles. The highest BCUT2D eigenvalue weighted by Crippen LogP contribution is 2.11. The highest BCUT2D eigenvalue weighted by atomic mass is 32.2. The highest BCUT2D eigenvalue weighted by molar-refractivity contribution is 7.91. The van der Waals surface area contributed by atoms with E-state index in [1.54, 1.807) is 24.3 Å². The van der Waals surface area contributed by atoms with Crippen molar-refractivity contribution in [1.29, 1.82) is 0 Å². The quantitative estimate of drug-likeness (QED) is 0.770. The number of carbonyl (C=O) groups excluding carboxylic acids is 1. The molecule has 0 aromatic heterocycles. The van der Waals surface area contributed by atoms with Gasteiger partial charge in [0.05, 0.1) is 12.6 Å². The average molecular weight is 257 g/mol. The number of aliphatic hydroxyl groups is 1. The molecule has 0 radical (unpaired) electrons. The fraction of sp³-hybridized carbons (Fsp3) is 0.364. The minimum Gasteiger partial charge on any atom is -0.394 e. The molecule has 1 aromatic rings. The van der Waals surface area contributed by atoms with E-state index in [1.807, 2.05) is 6.07 Å². The molecule has 17 heavy (non-hydrogen) atoms. The fourth-order valence-electron chi connectivity index (χ4n) is 1.39. The summed E-state index contributed by atoms with van der Waals surface area (Å²) in [5, 5.41) is 11.6. The summed E-state index contributed by atoms with van der Waals surface area (Å²) in [7, 11) is -3.35. The molecular weight excluding hydrogens is 242 g/mol. The summed E-state index contributed by atoms with van der Waals surface area (Å²) in [6.45, 7) is -0.278. The Bertz CT molecular complexity index is 470. The molecule has 0 heterocycles.